The molecule has 2 aliphatic rings. The summed E-state index contributed by atoms with van der Waals surface area (Å²) in [5, 5.41) is 12.4. The highest BCUT2D eigenvalue weighted by atomic mass is 16.4. The Kier molecular flexibility index (Phi) is 4.62. The summed E-state index contributed by atoms with van der Waals surface area (Å²) in [5.74, 6) is 0.475. The molecule has 18 heavy (non-hydrogen) atoms. The number of hydrogen-bond donors (Lipinski definition) is 2. The van der Waals surface area contributed by atoms with Gasteiger partial charge in [0.1, 0.15) is 0 Å². The van der Waals surface area contributed by atoms with E-state index in [0.717, 1.165) is 18.9 Å². The lowest BCUT2D eigenvalue weighted by molar-refractivity contribution is -0.143. The third-order valence-corrected chi connectivity index (χ3v) is 4.70. The van der Waals surface area contributed by atoms with E-state index in [1.54, 1.807) is 0 Å². The molecule has 0 amide bonds. The van der Waals surface area contributed by atoms with Crippen molar-refractivity contribution in [1.82, 2.24) is 10.2 Å². The summed E-state index contributed by atoms with van der Waals surface area (Å²) in [7, 11) is 0. The largest absolute Gasteiger partial charge is 0.481 e. The highest BCUT2D eigenvalue weighted by Crippen LogP contribution is 2.31. The van der Waals surface area contributed by atoms with E-state index in [4.69, 9.17) is 5.11 Å². The van der Waals surface area contributed by atoms with Crippen LogP contribution in [0.4, 0.5) is 0 Å². The molecule has 0 aliphatic carbocycles. The monoisotopic (exact) mass is 254 g/mol. The predicted octanol–water partition coefficient (Wildman–Crippen LogP) is 1.42. The third-order valence-electron chi connectivity index (χ3n) is 4.70. The molecule has 0 aromatic carbocycles. The van der Waals surface area contributed by atoms with E-state index in [0.29, 0.717) is 18.5 Å². The maximum absolute atomic E-state index is 11.1. The zero-order valence-electron chi connectivity index (χ0n) is 11.6. The van der Waals surface area contributed by atoms with Crippen molar-refractivity contribution in [2.24, 2.45) is 17.8 Å². The number of carboxylic acids is 1. The van der Waals surface area contributed by atoms with E-state index in [1.165, 1.54) is 25.9 Å². The van der Waals surface area contributed by atoms with Crippen LogP contribution < -0.4 is 5.32 Å². The van der Waals surface area contributed by atoms with Crippen molar-refractivity contribution in [3.8, 4) is 0 Å². The number of carbonyl (C=O) groups is 1. The van der Waals surface area contributed by atoms with Gasteiger partial charge >= 0.3 is 5.97 Å². The SMILES string of the molecule is CC(C)N1CCC(C2CNCC(C(=O)O)C2)CC1. The van der Waals surface area contributed by atoms with Crippen molar-refractivity contribution >= 4 is 5.97 Å². The van der Waals surface area contributed by atoms with Gasteiger partial charge in [-0.05, 0) is 64.6 Å². The number of hydrogen-bond acceptors (Lipinski definition) is 3. The minimum absolute atomic E-state index is 0.174. The molecule has 0 saturated carbocycles. The molecule has 2 atom stereocenters. The molecule has 2 N–H and O–H groups in total. The van der Waals surface area contributed by atoms with Crippen molar-refractivity contribution in [2.75, 3.05) is 26.2 Å². The maximum Gasteiger partial charge on any atom is 0.307 e. The Labute approximate surface area is 110 Å². The van der Waals surface area contributed by atoms with E-state index in [-0.39, 0.29) is 5.92 Å². The van der Waals surface area contributed by atoms with Gasteiger partial charge < -0.3 is 15.3 Å². The number of nitrogens with one attached hydrogen (secondary N) is 1. The molecule has 0 aromatic rings. The summed E-state index contributed by atoms with van der Waals surface area (Å²) in [6, 6.07) is 0.641. The van der Waals surface area contributed by atoms with E-state index >= 15 is 0 Å². The highest BCUT2D eigenvalue weighted by Gasteiger charge is 2.33. The van der Waals surface area contributed by atoms with E-state index < -0.39 is 5.97 Å². The lowest BCUT2D eigenvalue weighted by atomic mass is 9.77. The summed E-state index contributed by atoms with van der Waals surface area (Å²) in [5.41, 5.74) is 0. The van der Waals surface area contributed by atoms with Gasteiger partial charge in [-0.2, -0.15) is 0 Å². The molecule has 4 nitrogen and oxygen atoms in total. The van der Waals surface area contributed by atoms with Crippen molar-refractivity contribution in [3.63, 3.8) is 0 Å². The van der Waals surface area contributed by atoms with Crippen molar-refractivity contribution in [1.29, 1.82) is 0 Å². The van der Waals surface area contributed by atoms with Crippen molar-refractivity contribution < 1.29 is 9.90 Å². The van der Waals surface area contributed by atoms with Gasteiger partial charge in [-0.3, -0.25) is 4.79 Å². The number of piperidine rings is 2. The van der Waals surface area contributed by atoms with Crippen LogP contribution in [0.2, 0.25) is 0 Å². The molecule has 0 spiro atoms. The van der Waals surface area contributed by atoms with Gasteiger partial charge in [0.2, 0.25) is 0 Å². The first kappa shape index (κ1) is 13.8. The van der Waals surface area contributed by atoms with Gasteiger partial charge in [-0.1, -0.05) is 0 Å². The number of nitrogens with zero attached hydrogens (tertiary/aromatic N) is 1. The Balaban J connectivity index is 1.84. The van der Waals surface area contributed by atoms with Crippen LogP contribution in [0.3, 0.4) is 0 Å². The first-order chi connectivity index (χ1) is 8.58. The Morgan fingerprint density at radius 3 is 2.44 bits per heavy atom. The third kappa shape index (κ3) is 3.23. The quantitative estimate of drug-likeness (QED) is 0.800. The molecule has 4 heteroatoms. The number of aliphatic carboxylic acids is 1. The molecule has 2 aliphatic heterocycles. The van der Waals surface area contributed by atoms with Crippen LogP contribution in [0.15, 0.2) is 0 Å². The molecular weight excluding hydrogens is 228 g/mol. The van der Waals surface area contributed by atoms with Gasteiger partial charge in [-0.25, -0.2) is 0 Å². The fourth-order valence-electron chi connectivity index (χ4n) is 3.43. The second kappa shape index (κ2) is 6.02. The highest BCUT2D eigenvalue weighted by molar-refractivity contribution is 5.70. The first-order valence-corrected chi connectivity index (χ1v) is 7.25. The van der Waals surface area contributed by atoms with Gasteiger partial charge in [0.25, 0.3) is 0 Å². The minimum Gasteiger partial charge on any atom is -0.481 e. The van der Waals surface area contributed by atoms with Crippen LogP contribution in [0, 0.1) is 17.8 Å². The van der Waals surface area contributed by atoms with Gasteiger partial charge in [0.15, 0.2) is 0 Å². The van der Waals surface area contributed by atoms with E-state index in [9.17, 15) is 4.79 Å². The molecule has 2 rings (SSSR count). The molecule has 0 aromatic heterocycles. The average molecular weight is 254 g/mol. The number of rotatable bonds is 3. The smallest absolute Gasteiger partial charge is 0.307 e. The second-order valence-electron chi connectivity index (χ2n) is 6.16. The second-order valence-corrected chi connectivity index (χ2v) is 6.16. The number of likely N-dealkylation sites (tertiary alicyclic amines) is 1. The Morgan fingerprint density at radius 1 is 1.22 bits per heavy atom. The average Bonchev–Trinajstić information content (AvgIpc) is 2.39. The topological polar surface area (TPSA) is 52.6 Å². The molecule has 104 valence electrons. The fraction of sp³-hybridized carbons (Fsp3) is 0.929. The zero-order chi connectivity index (χ0) is 13.1. The minimum atomic E-state index is -0.633. The van der Waals surface area contributed by atoms with Crippen LogP contribution in [0.5, 0.6) is 0 Å². The molecule has 2 saturated heterocycles. The van der Waals surface area contributed by atoms with Crippen LogP contribution in [-0.4, -0.2) is 48.2 Å². The van der Waals surface area contributed by atoms with Crippen LogP contribution in [0.1, 0.15) is 33.1 Å². The van der Waals surface area contributed by atoms with Crippen LogP contribution in [-0.2, 0) is 4.79 Å². The predicted molar refractivity (Wildman–Crippen MR) is 71.5 cm³/mol. The summed E-state index contributed by atoms with van der Waals surface area (Å²) < 4.78 is 0. The first-order valence-electron chi connectivity index (χ1n) is 7.25. The Hall–Kier alpha value is -0.610. The van der Waals surface area contributed by atoms with Crippen molar-refractivity contribution in [3.05, 3.63) is 0 Å². The summed E-state index contributed by atoms with van der Waals surface area (Å²) in [6.07, 6.45) is 3.34. The van der Waals surface area contributed by atoms with E-state index in [1.807, 2.05) is 0 Å². The molecular formula is C14H26N2O2. The molecule has 2 unspecified atom stereocenters. The standard InChI is InChI=1S/C14H26N2O2/c1-10(2)16-5-3-11(4-6-16)12-7-13(14(17)18)9-15-8-12/h10-13,15H,3-9H2,1-2H3,(H,17,18). The van der Waals surface area contributed by atoms with Crippen LogP contribution >= 0.6 is 0 Å². The van der Waals surface area contributed by atoms with Gasteiger partial charge in [0, 0.05) is 12.6 Å². The fourth-order valence-corrected chi connectivity index (χ4v) is 3.43. The lowest BCUT2D eigenvalue weighted by Gasteiger charge is -2.40. The van der Waals surface area contributed by atoms with Gasteiger partial charge in [-0.15, -0.1) is 0 Å². The maximum atomic E-state index is 11.1. The number of carboxylic acid groups (broad SMARTS) is 1. The Morgan fingerprint density at radius 2 is 1.89 bits per heavy atom. The molecule has 0 bridgehead atoms. The van der Waals surface area contributed by atoms with Crippen molar-refractivity contribution in [2.45, 2.75) is 39.2 Å². The summed E-state index contributed by atoms with van der Waals surface area (Å²) in [6.45, 7) is 8.52. The zero-order valence-corrected chi connectivity index (χ0v) is 11.6. The van der Waals surface area contributed by atoms with Crippen LogP contribution in [0.25, 0.3) is 0 Å². The summed E-state index contributed by atoms with van der Waals surface area (Å²) >= 11 is 0. The summed E-state index contributed by atoms with van der Waals surface area (Å²) in [4.78, 5) is 13.6. The lowest BCUT2D eigenvalue weighted by Crippen LogP contribution is -2.46. The molecule has 2 fully saturated rings. The Bertz CT molecular complexity index is 286. The molecule has 2 heterocycles. The van der Waals surface area contributed by atoms with E-state index in [2.05, 4.69) is 24.1 Å². The van der Waals surface area contributed by atoms with Gasteiger partial charge in [0.05, 0.1) is 5.92 Å². The molecule has 0 radical (unpaired) electrons. The normalized spacial score (nSPS) is 31.7.